The molecule has 4 rings (SSSR count). The van der Waals surface area contributed by atoms with Crippen LogP contribution >= 0.6 is 11.8 Å². The van der Waals surface area contributed by atoms with Crippen molar-refractivity contribution < 1.29 is 18.0 Å². The van der Waals surface area contributed by atoms with E-state index in [-0.39, 0.29) is 16.7 Å². The Bertz CT molecular complexity index is 1090. The van der Waals surface area contributed by atoms with Crippen molar-refractivity contribution in [2.75, 3.05) is 29.5 Å². The highest BCUT2D eigenvalue weighted by atomic mass is 32.2. The Kier molecular flexibility index (Phi) is 6.64. The van der Waals surface area contributed by atoms with Crippen LogP contribution in [0.2, 0.25) is 0 Å². The van der Waals surface area contributed by atoms with E-state index in [4.69, 9.17) is 0 Å². The molecule has 0 saturated carbocycles. The van der Waals surface area contributed by atoms with Gasteiger partial charge >= 0.3 is 0 Å². The number of fused-ring (bicyclic) bond motifs is 1. The van der Waals surface area contributed by atoms with Crippen LogP contribution in [0.15, 0.2) is 52.3 Å². The molecular formula is C22H25N3O4S2. The van der Waals surface area contributed by atoms with Crippen molar-refractivity contribution in [1.82, 2.24) is 4.31 Å². The van der Waals surface area contributed by atoms with Crippen molar-refractivity contribution in [3.05, 3.63) is 48.0 Å². The van der Waals surface area contributed by atoms with Gasteiger partial charge in [-0.1, -0.05) is 18.9 Å². The van der Waals surface area contributed by atoms with E-state index >= 15 is 0 Å². The average molecular weight is 460 g/mol. The molecular weight excluding hydrogens is 434 g/mol. The maximum Gasteiger partial charge on any atom is 0.255 e. The number of nitrogens with zero attached hydrogens (tertiary/aromatic N) is 1. The van der Waals surface area contributed by atoms with E-state index in [1.165, 1.54) is 10.4 Å². The Balaban J connectivity index is 1.52. The van der Waals surface area contributed by atoms with Gasteiger partial charge in [-0.05, 0) is 49.2 Å². The van der Waals surface area contributed by atoms with E-state index in [2.05, 4.69) is 10.6 Å². The number of rotatable bonds is 4. The van der Waals surface area contributed by atoms with E-state index in [0.29, 0.717) is 42.2 Å². The van der Waals surface area contributed by atoms with Crippen LogP contribution in [0, 0.1) is 0 Å². The molecule has 2 aliphatic heterocycles. The molecule has 0 radical (unpaired) electrons. The second-order valence-corrected chi connectivity index (χ2v) is 10.7. The molecule has 2 heterocycles. The SMILES string of the molecule is O=C1CCSc2ccc(C(=O)Nc3cccc(S(=O)(=O)N4CCCCCC4)c3)cc2N1. The molecule has 9 heteroatoms. The number of nitrogens with one attached hydrogen (secondary N) is 2. The second-order valence-electron chi connectivity index (χ2n) is 7.66. The Hall–Kier alpha value is -2.36. The fraction of sp³-hybridized carbons (Fsp3) is 0.364. The first kappa shape index (κ1) is 21.9. The number of carbonyl (C=O) groups excluding carboxylic acids is 2. The number of amides is 2. The predicted octanol–water partition coefficient (Wildman–Crippen LogP) is 3.94. The molecule has 1 fully saturated rings. The predicted molar refractivity (Wildman–Crippen MR) is 122 cm³/mol. The second kappa shape index (κ2) is 9.42. The van der Waals surface area contributed by atoms with Crippen LogP contribution in [-0.4, -0.2) is 43.4 Å². The number of thioether (sulfide) groups is 1. The lowest BCUT2D eigenvalue weighted by Gasteiger charge is -2.20. The van der Waals surface area contributed by atoms with Gasteiger partial charge in [0.25, 0.3) is 5.91 Å². The molecule has 0 spiro atoms. The molecule has 2 amide bonds. The molecule has 0 aromatic heterocycles. The van der Waals surface area contributed by atoms with Crippen LogP contribution in [0.3, 0.4) is 0 Å². The van der Waals surface area contributed by atoms with Crippen molar-refractivity contribution in [2.45, 2.75) is 41.9 Å². The van der Waals surface area contributed by atoms with Crippen LogP contribution in [0.1, 0.15) is 42.5 Å². The summed E-state index contributed by atoms with van der Waals surface area (Å²) in [6.45, 7) is 1.05. The summed E-state index contributed by atoms with van der Waals surface area (Å²) in [4.78, 5) is 25.7. The van der Waals surface area contributed by atoms with Crippen molar-refractivity contribution >= 4 is 45.0 Å². The van der Waals surface area contributed by atoms with E-state index in [1.807, 2.05) is 6.07 Å². The minimum atomic E-state index is -3.60. The summed E-state index contributed by atoms with van der Waals surface area (Å²) >= 11 is 1.57. The molecule has 2 aromatic carbocycles. The summed E-state index contributed by atoms with van der Waals surface area (Å²) in [7, 11) is -3.60. The molecule has 0 bridgehead atoms. The zero-order valence-electron chi connectivity index (χ0n) is 17.1. The van der Waals surface area contributed by atoms with E-state index < -0.39 is 10.0 Å². The fourth-order valence-corrected chi connectivity index (χ4v) is 6.23. The molecule has 2 aliphatic rings. The van der Waals surface area contributed by atoms with Gasteiger partial charge in [-0.2, -0.15) is 4.31 Å². The van der Waals surface area contributed by atoms with Crippen molar-refractivity contribution in [3.8, 4) is 0 Å². The topological polar surface area (TPSA) is 95.6 Å². The van der Waals surface area contributed by atoms with Crippen LogP contribution in [0.5, 0.6) is 0 Å². The van der Waals surface area contributed by atoms with Gasteiger partial charge < -0.3 is 10.6 Å². The first-order valence-electron chi connectivity index (χ1n) is 10.4. The monoisotopic (exact) mass is 459 g/mol. The van der Waals surface area contributed by atoms with Gasteiger partial charge in [0.05, 0.1) is 10.6 Å². The van der Waals surface area contributed by atoms with Crippen LogP contribution in [0.25, 0.3) is 0 Å². The summed E-state index contributed by atoms with van der Waals surface area (Å²) in [5.41, 5.74) is 1.43. The van der Waals surface area contributed by atoms with E-state index in [9.17, 15) is 18.0 Å². The standard InChI is InChI=1S/C22H25N3O4S2/c26-21-10-13-30-20-9-8-16(14-19(20)24-21)22(27)23-17-6-5-7-18(15-17)31(28,29)25-11-3-1-2-4-12-25/h5-9,14-15H,1-4,10-13H2,(H,23,27)(H,24,26). The lowest BCUT2D eigenvalue weighted by molar-refractivity contribution is -0.115. The maximum atomic E-state index is 13.0. The highest BCUT2D eigenvalue weighted by Crippen LogP contribution is 2.32. The smallest absolute Gasteiger partial charge is 0.255 e. The Morgan fingerprint density at radius 1 is 1.03 bits per heavy atom. The van der Waals surface area contributed by atoms with Crippen LogP contribution in [-0.2, 0) is 14.8 Å². The van der Waals surface area contributed by atoms with E-state index in [0.717, 1.165) is 30.6 Å². The minimum absolute atomic E-state index is 0.0739. The maximum absolute atomic E-state index is 13.0. The van der Waals surface area contributed by atoms with Gasteiger partial charge in [-0.3, -0.25) is 9.59 Å². The van der Waals surface area contributed by atoms with Crippen molar-refractivity contribution in [2.24, 2.45) is 0 Å². The molecule has 164 valence electrons. The summed E-state index contributed by atoms with van der Waals surface area (Å²) in [6.07, 6.45) is 4.24. The molecule has 1 saturated heterocycles. The lowest BCUT2D eigenvalue weighted by atomic mass is 10.1. The third-order valence-corrected chi connectivity index (χ3v) is 8.37. The Morgan fingerprint density at radius 3 is 2.58 bits per heavy atom. The summed E-state index contributed by atoms with van der Waals surface area (Å²) in [5, 5.41) is 5.61. The van der Waals surface area contributed by atoms with Gasteiger partial charge in [0.1, 0.15) is 0 Å². The van der Waals surface area contributed by atoms with Crippen molar-refractivity contribution in [1.29, 1.82) is 0 Å². The molecule has 2 aromatic rings. The fourth-order valence-electron chi connectivity index (χ4n) is 3.73. The van der Waals surface area contributed by atoms with Crippen LogP contribution < -0.4 is 10.6 Å². The molecule has 7 nitrogen and oxygen atoms in total. The highest BCUT2D eigenvalue weighted by molar-refractivity contribution is 7.99. The van der Waals surface area contributed by atoms with Gasteiger partial charge in [0, 0.05) is 41.4 Å². The van der Waals surface area contributed by atoms with Gasteiger partial charge in [-0.15, -0.1) is 11.8 Å². The number of sulfonamides is 1. The molecule has 0 unspecified atom stereocenters. The van der Waals surface area contributed by atoms with Crippen molar-refractivity contribution in [3.63, 3.8) is 0 Å². The largest absolute Gasteiger partial charge is 0.325 e. The highest BCUT2D eigenvalue weighted by Gasteiger charge is 2.25. The van der Waals surface area contributed by atoms with Gasteiger partial charge in [-0.25, -0.2) is 8.42 Å². The quantitative estimate of drug-likeness (QED) is 0.722. The minimum Gasteiger partial charge on any atom is -0.325 e. The van der Waals surface area contributed by atoms with Gasteiger partial charge in [0.15, 0.2) is 0 Å². The van der Waals surface area contributed by atoms with E-state index in [1.54, 1.807) is 42.1 Å². The Morgan fingerprint density at radius 2 is 1.81 bits per heavy atom. The first-order valence-corrected chi connectivity index (χ1v) is 12.8. The zero-order chi connectivity index (χ0) is 21.8. The zero-order valence-corrected chi connectivity index (χ0v) is 18.7. The molecule has 0 atom stereocenters. The van der Waals surface area contributed by atoms with Gasteiger partial charge in [0.2, 0.25) is 15.9 Å². The first-order chi connectivity index (χ1) is 14.9. The molecule has 0 aliphatic carbocycles. The molecule has 31 heavy (non-hydrogen) atoms. The average Bonchev–Trinajstić information content (AvgIpc) is 3.14. The Labute approximate surface area is 186 Å². The number of hydrogen-bond acceptors (Lipinski definition) is 5. The number of anilines is 2. The summed E-state index contributed by atoms with van der Waals surface area (Å²) in [6, 6.07) is 11.5. The third kappa shape index (κ3) is 5.11. The normalized spacial score (nSPS) is 17.7. The summed E-state index contributed by atoms with van der Waals surface area (Å²) < 4.78 is 27.6. The van der Waals surface area contributed by atoms with Crippen LogP contribution in [0.4, 0.5) is 11.4 Å². The molecule has 2 N–H and O–H groups in total. The third-order valence-electron chi connectivity index (χ3n) is 5.40. The number of carbonyl (C=O) groups is 2. The summed E-state index contributed by atoms with van der Waals surface area (Å²) in [5.74, 6) is 0.258. The lowest BCUT2D eigenvalue weighted by Crippen LogP contribution is -2.32. The number of hydrogen-bond donors (Lipinski definition) is 2. The number of benzene rings is 2.